The summed E-state index contributed by atoms with van der Waals surface area (Å²) in [7, 11) is 0. The lowest BCUT2D eigenvalue weighted by molar-refractivity contribution is -0.171. The molecule has 5 saturated carbocycles. The Morgan fingerprint density at radius 2 is 1.64 bits per heavy atom. The molecule has 25 heavy (non-hydrogen) atoms. The van der Waals surface area contributed by atoms with Crippen molar-refractivity contribution in [2.24, 2.45) is 17.3 Å². The number of hydrogen-bond acceptors (Lipinski definition) is 3. The van der Waals surface area contributed by atoms with Crippen molar-refractivity contribution < 1.29 is 14.3 Å². The van der Waals surface area contributed by atoms with Crippen molar-refractivity contribution in [2.75, 3.05) is 6.61 Å². The van der Waals surface area contributed by atoms with Crippen molar-refractivity contribution in [3.63, 3.8) is 0 Å². The normalized spacial score (nSPS) is 40.5. The molecule has 0 spiro atoms. The van der Waals surface area contributed by atoms with Crippen LogP contribution in [0, 0.1) is 17.3 Å². The van der Waals surface area contributed by atoms with Crippen molar-refractivity contribution in [2.45, 2.75) is 88.0 Å². The number of nitrogens with one attached hydrogen (secondary N) is 1. The molecule has 0 heterocycles. The van der Waals surface area contributed by atoms with Crippen molar-refractivity contribution in [3.05, 3.63) is 0 Å². The number of alkyl halides is 1. The maximum atomic E-state index is 12.8. The second kappa shape index (κ2) is 6.75. The first kappa shape index (κ1) is 17.6. The van der Waals surface area contributed by atoms with E-state index in [1.54, 1.807) is 0 Å². The maximum absolute atomic E-state index is 12.8. The van der Waals surface area contributed by atoms with E-state index < -0.39 is 5.41 Å². The van der Waals surface area contributed by atoms with Crippen molar-refractivity contribution >= 4 is 23.5 Å². The van der Waals surface area contributed by atoms with E-state index in [-0.39, 0.29) is 29.4 Å². The monoisotopic (exact) mass is 367 g/mol. The van der Waals surface area contributed by atoms with Gasteiger partial charge >= 0.3 is 5.97 Å². The molecule has 4 bridgehead atoms. The van der Waals surface area contributed by atoms with Crippen LogP contribution in [-0.2, 0) is 14.3 Å². The highest BCUT2D eigenvalue weighted by molar-refractivity contribution is 6.24. The van der Waals surface area contributed by atoms with Gasteiger partial charge in [-0.05, 0) is 63.2 Å². The number of carbonyl (C=O) groups excluding carboxylic acids is 2. The molecule has 5 aliphatic carbocycles. The summed E-state index contributed by atoms with van der Waals surface area (Å²) in [4.78, 5) is 24.8. The molecular weight excluding hydrogens is 338 g/mol. The van der Waals surface area contributed by atoms with Crippen LogP contribution in [0.2, 0.25) is 0 Å². The van der Waals surface area contributed by atoms with Gasteiger partial charge in [0.15, 0.2) is 6.61 Å². The Labute approximate surface area is 155 Å². The number of carbonyl (C=O) groups is 2. The van der Waals surface area contributed by atoms with E-state index in [0.717, 1.165) is 44.9 Å². The number of ether oxygens (including phenoxy) is 1. The summed E-state index contributed by atoms with van der Waals surface area (Å²) in [5, 5.41) is 3.05. The maximum Gasteiger partial charge on any atom is 0.312 e. The topological polar surface area (TPSA) is 55.4 Å². The largest absolute Gasteiger partial charge is 0.455 e. The quantitative estimate of drug-likeness (QED) is 0.465. The molecule has 5 heteroatoms. The fourth-order valence-electron chi connectivity index (χ4n) is 6.37. The Bertz CT molecular complexity index is 527. The summed E-state index contributed by atoms with van der Waals surface area (Å²) in [5.41, 5.74) is -0.422. The number of amides is 1. The number of rotatable bonds is 4. The smallest absolute Gasteiger partial charge is 0.312 e. The third kappa shape index (κ3) is 3.70. The van der Waals surface area contributed by atoms with E-state index in [4.69, 9.17) is 16.3 Å². The average molecular weight is 368 g/mol. The summed E-state index contributed by atoms with van der Waals surface area (Å²) >= 11 is 6.78. The van der Waals surface area contributed by atoms with Crippen molar-refractivity contribution in [1.29, 1.82) is 0 Å². The highest BCUT2D eigenvalue weighted by Crippen LogP contribution is 2.64. The minimum Gasteiger partial charge on any atom is -0.455 e. The number of esters is 1. The van der Waals surface area contributed by atoms with Gasteiger partial charge in [-0.25, -0.2) is 0 Å². The fraction of sp³-hybridized carbons (Fsp3) is 0.900. The third-order valence-corrected chi connectivity index (χ3v) is 7.42. The molecule has 0 radical (unpaired) electrons. The highest BCUT2D eigenvalue weighted by Gasteiger charge is 2.60. The molecule has 4 atom stereocenters. The summed E-state index contributed by atoms with van der Waals surface area (Å²) in [6.07, 6.45) is 12.8. The van der Waals surface area contributed by atoms with Gasteiger partial charge in [-0.15, -0.1) is 11.6 Å². The van der Waals surface area contributed by atoms with Gasteiger partial charge in [0.25, 0.3) is 5.91 Å². The molecule has 5 fully saturated rings. The summed E-state index contributed by atoms with van der Waals surface area (Å²) in [5.74, 6) is 0.797. The molecule has 1 amide bonds. The van der Waals surface area contributed by atoms with Crippen LogP contribution in [0.25, 0.3) is 0 Å². The first-order valence-electron chi connectivity index (χ1n) is 10.1. The molecule has 0 aliphatic heterocycles. The molecule has 1 N–H and O–H groups in total. The van der Waals surface area contributed by atoms with E-state index in [0.29, 0.717) is 11.8 Å². The van der Waals surface area contributed by atoms with Gasteiger partial charge < -0.3 is 10.1 Å². The van der Waals surface area contributed by atoms with Gasteiger partial charge in [-0.3, -0.25) is 9.59 Å². The minimum atomic E-state index is -0.422. The Hall–Kier alpha value is -0.770. The SMILES string of the molecule is O=C(COC(=O)C12C[C@@H]3C[C@@H](CC(Cl)(C3)C1)C2)NC1CCCCCC1. The Morgan fingerprint density at radius 1 is 1.00 bits per heavy atom. The lowest BCUT2D eigenvalue weighted by atomic mass is 9.49. The van der Waals surface area contributed by atoms with E-state index in [1.807, 2.05) is 0 Å². The predicted octanol–water partition coefficient (Wildman–Crippen LogP) is 3.95. The third-order valence-electron chi connectivity index (χ3n) is 6.98. The first-order valence-corrected chi connectivity index (χ1v) is 10.5. The van der Waals surface area contributed by atoms with Gasteiger partial charge in [0.2, 0.25) is 0 Å². The standard InChI is InChI=1S/C20H30ClNO3/c21-20-10-14-7-15(11-20)9-19(8-14,13-20)18(24)25-12-17(23)22-16-5-3-1-2-4-6-16/h14-16H,1-13H2,(H,22,23)/t14-,15+,19?,20?. The lowest BCUT2D eigenvalue weighted by Gasteiger charge is -2.58. The van der Waals surface area contributed by atoms with Crippen LogP contribution in [0.3, 0.4) is 0 Å². The van der Waals surface area contributed by atoms with Crippen LogP contribution in [0.4, 0.5) is 0 Å². The Balaban J connectivity index is 1.31. The molecule has 2 unspecified atom stereocenters. The molecular formula is C20H30ClNO3. The zero-order valence-corrected chi connectivity index (χ0v) is 15.8. The van der Waals surface area contributed by atoms with Gasteiger partial charge in [0.05, 0.1) is 5.41 Å². The van der Waals surface area contributed by atoms with E-state index in [9.17, 15) is 9.59 Å². The Morgan fingerprint density at radius 3 is 2.24 bits per heavy atom. The molecule has 5 rings (SSSR count). The molecule has 0 aromatic heterocycles. The molecule has 5 aliphatic rings. The van der Waals surface area contributed by atoms with Crippen LogP contribution >= 0.6 is 11.6 Å². The second-order valence-corrected chi connectivity index (χ2v) is 10.0. The number of halogens is 1. The van der Waals surface area contributed by atoms with Crippen LogP contribution in [0.15, 0.2) is 0 Å². The number of hydrogen-bond donors (Lipinski definition) is 1. The lowest BCUT2D eigenvalue weighted by Crippen LogP contribution is -2.56. The van der Waals surface area contributed by atoms with Gasteiger partial charge in [-0.2, -0.15) is 0 Å². The summed E-state index contributed by atoms with van der Waals surface area (Å²) in [6.45, 7) is -0.137. The van der Waals surface area contributed by atoms with Crippen molar-refractivity contribution in [3.8, 4) is 0 Å². The van der Waals surface area contributed by atoms with Crippen LogP contribution in [0.1, 0.15) is 77.0 Å². The first-order chi connectivity index (χ1) is 12.0. The summed E-state index contributed by atoms with van der Waals surface area (Å²) in [6, 6.07) is 0.249. The molecule has 140 valence electrons. The average Bonchev–Trinajstić information content (AvgIpc) is 2.79. The van der Waals surface area contributed by atoms with Crippen LogP contribution < -0.4 is 5.32 Å². The Kier molecular flexibility index (Phi) is 4.76. The van der Waals surface area contributed by atoms with Crippen LogP contribution in [0.5, 0.6) is 0 Å². The van der Waals surface area contributed by atoms with E-state index >= 15 is 0 Å². The second-order valence-electron chi connectivity index (χ2n) is 9.22. The van der Waals surface area contributed by atoms with E-state index in [1.165, 1.54) is 32.1 Å². The minimum absolute atomic E-state index is 0.137. The van der Waals surface area contributed by atoms with E-state index in [2.05, 4.69) is 5.32 Å². The molecule has 0 saturated heterocycles. The fourth-order valence-corrected chi connectivity index (χ4v) is 7.06. The summed E-state index contributed by atoms with van der Waals surface area (Å²) < 4.78 is 5.50. The highest BCUT2D eigenvalue weighted by atomic mass is 35.5. The molecule has 0 aromatic rings. The van der Waals surface area contributed by atoms with Crippen LogP contribution in [-0.4, -0.2) is 29.4 Å². The predicted molar refractivity (Wildman–Crippen MR) is 96.3 cm³/mol. The molecule has 4 nitrogen and oxygen atoms in total. The zero-order chi connectivity index (χ0) is 17.5. The zero-order valence-electron chi connectivity index (χ0n) is 15.0. The van der Waals surface area contributed by atoms with Gasteiger partial charge in [-0.1, -0.05) is 25.7 Å². The van der Waals surface area contributed by atoms with Crippen molar-refractivity contribution in [1.82, 2.24) is 5.32 Å². The molecule has 0 aromatic carbocycles. The van der Waals surface area contributed by atoms with Gasteiger partial charge in [0, 0.05) is 10.9 Å². The van der Waals surface area contributed by atoms with Gasteiger partial charge in [0.1, 0.15) is 0 Å².